The van der Waals surface area contributed by atoms with Gasteiger partial charge in [-0.25, -0.2) is 9.18 Å². The van der Waals surface area contributed by atoms with Crippen LogP contribution in [0.15, 0.2) is 41.2 Å². The molecule has 3 aromatic rings. The van der Waals surface area contributed by atoms with Gasteiger partial charge in [0.15, 0.2) is 0 Å². The van der Waals surface area contributed by atoms with Gasteiger partial charge in [0.05, 0.1) is 27.4 Å². The van der Waals surface area contributed by atoms with Crippen molar-refractivity contribution in [2.75, 3.05) is 0 Å². The van der Waals surface area contributed by atoms with Gasteiger partial charge in [-0.3, -0.25) is 4.79 Å². The van der Waals surface area contributed by atoms with Crippen molar-refractivity contribution in [2.45, 2.75) is 20.4 Å². The molecule has 152 valence electrons. The lowest BCUT2D eigenvalue weighted by Gasteiger charge is -2.21. The Balaban J connectivity index is 2.48. The molecule has 0 saturated heterocycles. The number of hydrogen-bond donors (Lipinski definition) is 1. The van der Waals surface area contributed by atoms with E-state index in [1.165, 1.54) is 18.2 Å². The number of benzene rings is 2. The summed E-state index contributed by atoms with van der Waals surface area (Å²) in [6.07, 6.45) is 0. The summed E-state index contributed by atoms with van der Waals surface area (Å²) in [5.74, 6) is -2.13. The van der Waals surface area contributed by atoms with Crippen LogP contribution in [-0.4, -0.2) is 15.6 Å². The van der Waals surface area contributed by atoms with Crippen LogP contribution >= 0.6 is 23.2 Å². The lowest BCUT2D eigenvalue weighted by Crippen LogP contribution is -2.25. The standard InChI is InChI=1S/C22H15Cl2FN2O3/c1-3-27-11(2)18(14-6-12(10-26)7-15(25)8-14)21(28)19(22(29)30)20(27)13-4-5-16(23)17(24)9-13/h4-9H,3H2,1-2H3,(H,29,30). The minimum atomic E-state index is -1.43. The molecule has 30 heavy (non-hydrogen) atoms. The summed E-state index contributed by atoms with van der Waals surface area (Å²) in [5.41, 5.74) is -0.0493. The Morgan fingerprint density at radius 1 is 1.17 bits per heavy atom. The van der Waals surface area contributed by atoms with Crippen LogP contribution in [0.5, 0.6) is 0 Å². The lowest BCUT2D eigenvalue weighted by molar-refractivity contribution is 0.0695. The molecule has 0 radical (unpaired) electrons. The maximum atomic E-state index is 14.0. The second-order valence-corrected chi connectivity index (χ2v) is 7.35. The number of rotatable bonds is 4. The van der Waals surface area contributed by atoms with E-state index in [9.17, 15) is 19.1 Å². The summed E-state index contributed by atoms with van der Waals surface area (Å²) in [5, 5.41) is 19.5. The Hall–Kier alpha value is -3.14. The molecule has 0 bridgehead atoms. The van der Waals surface area contributed by atoms with Crippen molar-refractivity contribution in [3.8, 4) is 28.5 Å². The zero-order valence-corrected chi connectivity index (χ0v) is 17.5. The molecular weight excluding hydrogens is 430 g/mol. The molecule has 5 nitrogen and oxygen atoms in total. The number of carbonyl (C=O) groups is 1. The molecule has 1 aromatic heterocycles. The summed E-state index contributed by atoms with van der Waals surface area (Å²) in [6, 6.07) is 9.94. The monoisotopic (exact) mass is 444 g/mol. The fourth-order valence-corrected chi connectivity index (χ4v) is 3.81. The number of pyridine rings is 1. The van der Waals surface area contributed by atoms with Gasteiger partial charge in [0, 0.05) is 23.4 Å². The highest BCUT2D eigenvalue weighted by atomic mass is 35.5. The van der Waals surface area contributed by atoms with E-state index in [-0.39, 0.29) is 27.4 Å². The average molecular weight is 445 g/mol. The van der Waals surface area contributed by atoms with Crippen molar-refractivity contribution in [3.63, 3.8) is 0 Å². The molecule has 0 atom stereocenters. The van der Waals surface area contributed by atoms with Crippen LogP contribution in [0.2, 0.25) is 10.0 Å². The highest BCUT2D eigenvalue weighted by Crippen LogP contribution is 2.33. The Morgan fingerprint density at radius 2 is 1.87 bits per heavy atom. The first-order chi connectivity index (χ1) is 14.2. The van der Waals surface area contributed by atoms with Crippen molar-refractivity contribution in [3.05, 3.63) is 79.3 Å². The summed E-state index contributed by atoms with van der Waals surface area (Å²) in [7, 11) is 0. The van der Waals surface area contributed by atoms with E-state index >= 15 is 0 Å². The second kappa shape index (κ2) is 8.31. The number of halogens is 3. The number of nitriles is 1. The van der Waals surface area contributed by atoms with Gasteiger partial charge >= 0.3 is 5.97 Å². The second-order valence-electron chi connectivity index (χ2n) is 6.53. The maximum Gasteiger partial charge on any atom is 0.341 e. The van der Waals surface area contributed by atoms with Crippen molar-refractivity contribution in [2.24, 2.45) is 0 Å². The van der Waals surface area contributed by atoms with Gasteiger partial charge in [-0.05, 0) is 49.7 Å². The molecule has 0 saturated carbocycles. The van der Waals surface area contributed by atoms with Crippen LogP contribution in [0, 0.1) is 24.1 Å². The molecule has 0 fully saturated rings. The smallest absolute Gasteiger partial charge is 0.341 e. The normalized spacial score (nSPS) is 10.7. The van der Waals surface area contributed by atoms with Crippen LogP contribution in [0.3, 0.4) is 0 Å². The SMILES string of the molecule is CCn1c(C)c(-c2cc(F)cc(C#N)c2)c(=O)c(C(=O)O)c1-c1ccc(Cl)c(Cl)c1. The van der Waals surface area contributed by atoms with Crippen molar-refractivity contribution < 1.29 is 14.3 Å². The molecule has 1 heterocycles. The zero-order valence-electron chi connectivity index (χ0n) is 16.0. The topological polar surface area (TPSA) is 83.1 Å². The van der Waals surface area contributed by atoms with Crippen LogP contribution in [0.25, 0.3) is 22.4 Å². The predicted octanol–water partition coefficient (Wildman–Crippen LogP) is 5.53. The van der Waals surface area contributed by atoms with Crippen molar-refractivity contribution >= 4 is 29.2 Å². The quantitative estimate of drug-likeness (QED) is 0.573. The molecule has 0 aliphatic carbocycles. The number of carboxylic acids is 1. The van der Waals surface area contributed by atoms with Gasteiger partial charge in [0.25, 0.3) is 0 Å². The van der Waals surface area contributed by atoms with Gasteiger partial charge in [-0.15, -0.1) is 0 Å². The van der Waals surface area contributed by atoms with Crippen LogP contribution in [0.1, 0.15) is 28.5 Å². The van der Waals surface area contributed by atoms with E-state index in [0.29, 0.717) is 22.8 Å². The third kappa shape index (κ3) is 3.70. The highest BCUT2D eigenvalue weighted by molar-refractivity contribution is 6.42. The Labute approximate surface area is 181 Å². The third-order valence-electron chi connectivity index (χ3n) is 4.77. The summed E-state index contributed by atoms with van der Waals surface area (Å²) >= 11 is 12.1. The van der Waals surface area contributed by atoms with E-state index < -0.39 is 22.8 Å². The molecule has 8 heteroatoms. The highest BCUT2D eigenvalue weighted by Gasteiger charge is 2.26. The largest absolute Gasteiger partial charge is 0.477 e. The molecule has 0 amide bonds. The number of aromatic nitrogens is 1. The summed E-state index contributed by atoms with van der Waals surface area (Å²) < 4.78 is 15.7. The molecule has 0 spiro atoms. The molecule has 0 aliphatic rings. The Kier molecular flexibility index (Phi) is 5.97. The lowest BCUT2D eigenvalue weighted by atomic mass is 9.95. The van der Waals surface area contributed by atoms with Gasteiger partial charge < -0.3 is 9.67 Å². The molecule has 0 aliphatic heterocycles. The van der Waals surface area contributed by atoms with E-state index in [1.807, 2.05) is 6.07 Å². The summed E-state index contributed by atoms with van der Waals surface area (Å²) in [6.45, 7) is 3.76. The summed E-state index contributed by atoms with van der Waals surface area (Å²) in [4.78, 5) is 25.4. The van der Waals surface area contributed by atoms with Gasteiger partial charge in [0.1, 0.15) is 11.4 Å². The number of hydrogen-bond acceptors (Lipinski definition) is 3. The van der Waals surface area contributed by atoms with E-state index in [4.69, 9.17) is 28.5 Å². The Morgan fingerprint density at radius 3 is 2.43 bits per heavy atom. The molecule has 2 aromatic carbocycles. The average Bonchev–Trinajstić information content (AvgIpc) is 2.69. The van der Waals surface area contributed by atoms with Crippen molar-refractivity contribution in [1.82, 2.24) is 4.57 Å². The predicted molar refractivity (Wildman–Crippen MR) is 114 cm³/mol. The molecular formula is C22H15Cl2FN2O3. The third-order valence-corrected chi connectivity index (χ3v) is 5.51. The number of aromatic carboxylic acids is 1. The Bertz CT molecular complexity index is 1290. The first-order valence-electron chi connectivity index (χ1n) is 8.86. The number of nitrogens with zero attached hydrogens (tertiary/aromatic N) is 2. The fraction of sp³-hybridized carbons (Fsp3) is 0.136. The first kappa shape index (κ1) is 21.6. The molecule has 0 unspecified atom stereocenters. The van der Waals surface area contributed by atoms with Crippen molar-refractivity contribution in [1.29, 1.82) is 5.26 Å². The zero-order chi connectivity index (χ0) is 22.2. The van der Waals surface area contributed by atoms with E-state index in [2.05, 4.69) is 0 Å². The van der Waals surface area contributed by atoms with Crippen LogP contribution in [-0.2, 0) is 6.54 Å². The fourth-order valence-electron chi connectivity index (χ4n) is 3.51. The van der Waals surface area contributed by atoms with E-state index in [0.717, 1.165) is 12.1 Å². The van der Waals surface area contributed by atoms with Crippen LogP contribution < -0.4 is 5.43 Å². The number of carboxylic acid groups (broad SMARTS) is 1. The van der Waals surface area contributed by atoms with E-state index in [1.54, 1.807) is 24.5 Å². The van der Waals surface area contributed by atoms with Gasteiger partial charge in [-0.2, -0.15) is 5.26 Å². The van der Waals surface area contributed by atoms with Gasteiger partial charge in [-0.1, -0.05) is 29.3 Å². The maximum absolute atomic E-state index is 14.0. The van der Waals surface area contributed by atoms with Gasteiger partial charge in [0.2, 0.25) is 5.43 Å². The molecule has 3 rings (SSSR count). The molecule has 1 N–H and O–H groups in total. The van der Waals surface area contributed by atoms with Crippen LogP contribution in [0.4, 0.5) is 4.39 Å². The minimum Gasteiger partial charge on any atom is -0.477 e. The first-order valence-corrected chi connectivity index (χ1v) is 9.62. The minimum absolute atomic E-state index is 0.0223.